The van der Waals surface area contributed by atoms with Gasteiger partial charge in [-0.15, -0.1) is 0 Å². The first-order valence-corrected chi connectivity index (χ1v) is 8.56. The molecule has 0 radical (unpaired) electrons. The van der Waals surface area contributed by atoms with Gasteiger partial charge in [0.15, 0.2) is 0 Å². The van der Waals surface area contributed by atoms with E-state index < -0.39 is 29.4 Å². The molecule has 0 aliphatic carbocycles. The Balaban J connectivity index is 1.26. The maximum atomic E-state index is 12.5. The maximum absolute atomic E-state index is 12.5. The van der Waals surface area contributed by atoms with E-state index in [0.29, 0.717) is 6.42 Å². The van der Waals surface area contributed by atoms with E-state index >= 15 is 0 Å². The lowest BCUT2D eigenvalue weighted by molar-refractivity contribution is -0.166. The molecule has 26 heavy (non-hydrogen) atoms. The van der Waals surface area contributed by atoms with Crippen molar-refractivity contribution in [1.29, 1.82) is 0 Å². The molecule has 0 spiro atoms. The third-order valence-corrected chi connectivity index (χ3v) is 5.27. The lowest BCUT2D eigenvalue weighted by Gasteiger charge is -2.29. The predicted molar refractivity (Wildman–Crippen MR) is 82.5 cm³/mol. The molecule has 2 bridgehead atoms. The number of nitrogens with zero attached hydrogens (tertiary/aromatic N) is 1. The number of hydrogen-bond donors (Lipinski definition) is 0. The van der Waals surface area contributed by atoms with Crippen LogP contribution in [0.2, 0.25) is 0 Å². The Bertz CT molecular complexity index is 661. The van der Waals surface area contributed by atoms with Gasteiger partial charge in [-0.3, -0.25) is 19.3 Å². The van der Waals surface area contributed by atoms with Crippen LogP contribution < -0.4 is 0 Å². The number of fused-ring (bicyclic) bond motifs is 5. The average Bonchev–Trinajstić information content (AvgIpc) is 3.30. The molecule has 4 aliphatic rings. The zero-order valence-corrected chi connectivity index (χ0v) is 14.2. The summed E-state index contributed by atoms with van der Waals surface area (Å²) in [6, 6.07) is 0. The third-order valence-electron chi connectivity index (χ3n) is 5.27. The van der Waals surface area contributed by atoms with Gasteiger partial charge in [-0.25, -0.2) is 4.79 Å². The summed E-state index contributed by atoms with van der Waals surface area (Å²) in [5.41, 5.74) is -1.05. The van der Waals surface area contributed by atoms with E-state index in [2.05, 4.69) is 0 Å². The van der Waals surface area contributed by atoms with E-state index in [4.69, 9.17) is 18.9 Å². The number of esters is 1. The van der Waals surface area contributed by atoms with E-state index in [1.54, 1.807) is 6.92 Å². The van der Waals surface area contributed by atoms with Crippen molar-refractivity contribution in [3.05, 3.63) is 12.2 Å². The van der Waals surface area contributed by atoms with Crippen LogP contribution in [0.4, 0.5) is 4.79 Å². The number of cyclic esters (lactones) is 2. The summed E-state index contributed by atoms with van der Waals surface area (Å²) in [5.74, 6) is -1.83. The second kappa shape index (κ2) is 6.08. The highest BCUT2D eigenvalue weighted by molar-refractivity contribution is 6.06. The monoisotopic (exact) mass is 365 g/mol. The van der Waals surface area contributed by atoms with Gasteiger partial charge in [-0.05, 0) is 13.3 Å². The first-order chi connectivity index (χ1) is 12.4. The lowest BCUT2D eigenvalue weighted by Crippen LogP contribution is -2.44. The summed E-state index contributed by atoms with van der Waals surface area (Å²) in [4.78, 5) is 49.2. The summed E-state index contributed by atoms with van der Waals surface area (Å²) in [5, 5.41) is 0. The minimum Gasteiger partial charge on any atom is -0.465 e. The van der Waals surface area contributed by atoms with Crippen molar-refractivity contribution in [1.82, 2.24) is 4.90 Å². The van der Waals surface area contributed by atoms with Crippen LogP contribution >= 0.6 is 0 Å². The summed E-state index contributed by atoms with van der Waals surface area (Å²) in [6.07, 6.45) is 2.59. The van der Waals surface area contributed by atoms with E-state index in [0.717, 1.165) is 0 Å². The minimum absolute atomic E-state index is 0.0520. The van der Waals surface area contributed by atoms with Crippen LogP contribution in [0.5, 0.6) is 0 Å². The molecule has 4 unspecified atom stereocenters. The van der Waals surface area contributed by atoms with Crippen LogP contribution in [0.3, 0.4) is 0 Å². The number of carbonyl (C=O) groups is 4. The first-order valence-electron chi connectivity index (χ1n) is 8.56. The fraction of sp³-hybridized carbons (Fsp3) is 0.647. The van der Waals surface area contributed by atoms with Gasteiger partial charge in [0.25, 0.3) is 0 Å². The number of imide groups is 1. The first kappa shape index (κ1) is 17.0. The third kappa shape index (κ3) is 2.57. The average molecular weight is 365 g/mol. The van der Waals surface area contributed by atoms with Crippen molar-refractivity contribution in [2.75, 3.05) is 26.4 Å². The van der Waals surface area contributed by atoms with Crippen molar-refractivity contribution >= 4 is 23.9 Å². The fourth-order valence-electron chi connectivity index (χ4n) is 3.79. The summed E-state index contributed by atoms with van der Waals surface area (Å²) in [7, 11) is 0. The largest absolute Gasteiger partial charge is 0.508 e. The molecule has 9 heteroatoms. The second-order valence-corrected chi connectivity index (χ2v) is 7.21. The zero-order chi connectivity index (χ0) is 18.5. The lowest BCUT2D eigenvalue weighted by atomic mass is 9.85. The molecule has 0 saturated carbocycles. The Kier molecular flexibility index (Phi) is 3.98. The van der Waals surface area contributed by atoms with Crippen molar-refractivity contribution < 1.29 is 38.1 Å². The highest BCUT2D eigenvalue weighted by atomic mass is 16.7. The molecule has 0 aromatic rings. The predicted octanol–water partition coefficient (Wildman–Crippen LogP) is 0.0312. The molecule has 4 atom stereocenters. The van der Waals surface area contributed by atoms with Crippen LogP contribution in [-0.2, 0) is 33.3 Å². The van der Waals surface area contributed by atoms with Gasteiger partial charge in [-0.1, -0.05) is 12.2 Å². The number of amides is 2. The van der Waals surface area contributed by atoms with Crippen LogP contribution in [-0.4, -0.2) is 67.4 Å². The summed E-state index contributed by atoms with van der Waals surface area (Å²) >= 11 is 0. The zero-order valence-electron chi connectivity index (χ0n) is 14.2. The molecule has 140 valence electrons. The van der Waals surface area contributed by atoms with Crippen molar-refractivity contribution in [3.8, 4) is 0 Å². The van der Waals surface area contributed by atoms with Gasteiger partial charge < -0.3 is 18.9 Å². The Morgan fingerprint density at radius 2 is 1.73 bits per heavy atom. The van der Waals surface area contributed by atoms with E-state index in [1.807, 2.05) is 12.2 Å². The van der Waals surface area contributed by atoms with E-state index in [9.17, 15) is 19.2 Å². The van der Waals surface area contributed by atoms with Crippen LogP contribution in [0.15, 0.2) is 12.2 Å². The van der Waals surface area contributed by atoms with Crippen LogP contribution in [0.25, 0.3) is 0 Å². The molecule has 2 amide bonds. The highest BCUT2D eigenvalue weighted by Crippen LogP contribution is 2.45. The second-order valence-electron chi connectivity index (χ2n) is 7.21. The van der Waals surface area contributed by atoms with Gasteiger partial charge in [-0.2, -0.15) is 0 Å². The quantitative estimate of drug-likeness (QED) is 0.291. The van der Waals surface area contributed by atoms with Crippen molar-refractivity contribution in [2.45, 2.75) is 25.6 Å². The van der Waals surface area contributed by atoms with Gasteiger partial charge in [0, 0.05) is 6.54 Å². The van der Waals surface area contributed by atoms with E-state index in [-0.39, 0.29) is 50.4 Å². The normalized spacial score (nSPS) is 33.9. The Morgan fingerprint density at radius 3 is 2.31 bits per heavy atom. The molecule has 3 saturated heterocycles. The minimum atomic E-state index is -1.05. The molecule has 3 fully saturated rings. The molecule has 0 aromatic carbocycles. The molecular weight excluding hydrogens is 346 g/mol. The number of likely N-dealkylation sites (tertiary alicyclic amines) is 1. The number of carbonyl (C=O) groups excluding carboxylic acids is 4. The highest BCUT2D eigenvalue weighted by Gasteiger charge is 2.60. The molecule has 4 rings (SSSR count). The van der Waals surface area contributed by atoms with Gasteiger partial charge >= 0.3 is 12.1 Å². The molecular formula is C17H19NO8. The van der Waals surface area contributed by atoms with Crippen LogP contribution in [0, 0.1) is 17.3 Å². The number of hydrogen-bond acceptors (Lipinski definition) is 8. The number of ether oxygens (including phenoxy) is 4. The van der Waals surface area contributed by atoms with Crippen LogP contribution in [0.1, 0.15) is 13.3 Å². The Hall–Kier alpha value is -2.42. The topological polar surface area (TPSA) is 108 Å². The van der Waals surface area contributed by atoms with E-state index in [1.165, 1.54) is 4.90 Å². The molecule has 0 N–H and O–H groups in total. The Morgan fingerprint density at radius 1 is 1.15 bits per heavy atom. The maximum Gasteiger partial charge on any atom is 0.508 e. The van der Waals surface area contributed by atoms with Crippen molar-refractivity contribution in [2.24, 2.45) is 17.3 Å². The summed E-state index contributed by atoms with van der Waals surface area (Å²) in [6.45, 7) is 1.62. The molecule has 0 aromatic heterocycles. The standard InChI is InChI=1S/C17H19NO8/c1-17(7-24-16(22)25-8-17)15(21)23-6-2-5-18-13(19)11-9-3-4-10(26-9)12(11)14(18)20/h3-4,9-12H,2,5-8H2,1H3. The fourth-order valence-corrected chi connectivity index (χ4v) is 3.79. The van der Waals surface area contributed by atoms with Gasteiger partial charge in [0.05, 0.1) is 30.7 Å². The van der Waals surface area contributed by atoms with Crippen molar-refractivity contribution in [3.63, 3.8) is 0 Å². The Labute approximate surface area is 149 Å². The number of rotatable bonds is 5. The summed E-state index contributed by atoms with van der Waals surface area (Å²) < 4.78 is 20.2. The molecule has 9 nitrogen and oxygen atoms in total. The molecule has 4 aliphatic heterocycles. The van der Waals surface area contributed by atoms with Gasteiger partial charge in [0.2, 0.25) is 11.8 Å². The van der Waals surface area contributed by atoms with Gasteiger partial charge in [0.1, 0.15) is 18.6 Å². The smallest absolute Gasteiger partial charge is 0.465 e. The molecule has 4 heterocycles. The SMILES string of the molecule is CC1(C(=O)OCCCN2C(=O)C3C4C=CC(O4)C3C2=O)COC(=O)OC1.